The lowest BCUT2D eigenvalue weighted by molar-refractivity contribution is -0.119. The van der Waals surface area contributed by atoms with Gasteiger partial charge in [-0.15, -0.1) is 11.3 Å². The summed E-state index contributed by atoms with van der Waals surface area (Å²) in [4.78, 5) is 16.4. The predicted octanol–water partition coefficient (Wildman–Crippen LogP) is 2.32. The van der Waals surface area contributed by atoms with E-state index in [0.29, 0.717) is 35.7 Å². The van der Waals surface area contributed by atoms with Crippen molar-refractivity contribution in [3.8, 4) is 22.8 Å². The van der Waals surface area contributed by atoms with Crippen LogP contribution in [-0.2, 0) is 4.79 Å². The lowest BCUT2D eigenvalue weighted by Gasteiger charge is -2.08. The molecule has 0 bridgehead atoms. The van der Waals surface area contributed by atoms with Gasteiger partial charge >= 0.3 is 0 Å². The molecular formula is C15H16N2O4S. The van der Waals surface area contributed by atoms with E-state index in [1.54, 1.807) is 11.4 Å². The zero-order chi connectivity index (χ0) is 15.7. The first-order chi connectivity index (χ1) is 10.5. The summed E-state index contributed by atoms with van der Waals surface area (Å²) in [7, 11) is 0. The molecule has 1 amide bonds. The summed E-state index contributed by atoms with van der Waals surface area (Å²) >= 11 is 1.27. The summed E-state index contributed by atoms with van der Waals surface area (Å²) in [6, 6.07) is 4.28. The first kappa shape index (κ1) is 14.8. The molecular weight excluding hydrogens is 304 g/mol. The van der Waals surface area contributed by atoms with Gasteiger partial charge in [0, 0.05) is 22.9 Å². The molecule has 1 aliphatic carbocycles. The highest BCUT2D eigenvalue weighted by atomic mass is 32.1. The third-order valence-corrected chi connectivity index (χ3v) is 4.53. The molecule has 0 aliphatic heterocycles. The Morgan fingerprint density at radius 1 is 1.32 bits per heavy atom. The number of amides is 1. The molecule has 0 saturated heterocycles. The summed E-state index contributed by atoms with van der Waals surface area (Å²) in [6.45, 7) is 0. The maximum atomic E-state index is 12.1. The Kier molecular flexibility index (Phi) is 4.00. The molecule has 0 radical (unpaired) electrons. The molecule has 3 rings (SSSR count). The van der Waals surface area contributed by atoms with Crippen LogP contribution in [0.25, 0.3) is 11.3 Å². The number of nitrogens with zero attached hydrogens (tertiary/aromatic N) is 1. The van der Waals surface area contributed by atoms with E-state index < -0.39 is 6.10 Å². The van der Waals surface area contributed by atoms with E-state index in [0.717, 1.165) is 0 Å². The molecule has 116 valence electrons. The van der Waals surface area contributed by atoms with Gasteiger partial charge in [0.15, 0.2) is 5.13 Å². The summed E-state index contributed by atoms with van der Waals surface area (Å²) in [5.41, 5.74) is 1.02. The largest absolute Gasteiger partial charge is 0.508 e. The van der Waals surface area contributed by atoms with Gasteiger partial charge in [0.25, 0.3) is 0 Å². The fourth-order valence-electron chi connectivity index (χ4n) is 2.59. The van der Waals surface area contributed by atoms with Gasteiger partial charge < -0.3 is 20.6 Å². The second kappa shape index (κ2) is 5.94. The zero-order valence-corrected chi connectivity index (χ0v) is 12.5. The fraction of sp³-hybridized carbons (Fsp3) is 0.333. The van der Waals surface area contributed by atoms with Crippen molar-refractivity contribution in [3.63, 3.8) is 0 Å². The van der Waals surface area contributed by atoms with E-state index >= 15 is 0 Å². The smallest absolute Gasteiger partial charge is 0.229 e. The third-order valence-electron chi connectivity index (χ3n) is 3.77. The second-order valence-electron chi connectivity index (χ2n) is 5.39. The quantitative estimate of drug-likeness (QED) is 0.695. The summed E-state index contributed by atoms with van der Waals surface area (Å²) < 4.78 is 0. The van der Waals surface area contributed by atoms with E-state index in [-0.39, 0.29) is 23.3 Å². The molecule has 1 saturated carbocycles. The number of aliphatic hydroxyl groups excluding tert-OH is 1. The summed E-state index contributed by atoms with van der Waals surface area (Å²) in [6.07, 6.45) is 1.44. The Hall–Kier alpha value is -2.12. The van der Waals surface area contributed by atoms with Crippen LogP contribution >= 0.6 is 11.3 Å². The number of phenols is 2. The highest BCUT2D eigenvalue weighted by Crippen LogP contribution is 2.34. The zero-order valence-electron chi connectivity index (χ0n) is 11.7. The molecule has 1 fully saturated rings. The number of thiazole rings is 1. The van der Waals surface area contributed by atoms with Crippen molar-refractivity contribution in [1.29, 1.82) is 0 Å². The van der Waals surface area contributed by atoms with Crippen molar-refractivity contribution in [1.82, 2.24) is 4.98 Å². The first-order valence-electron chi connectivity index (χ1n) is 6.99. The van der Waals surface area contributed by atoms with Gasteiger partial charge in [-0.3, -0.25) is 4.79 Å². The van der Waals surface area contributed by atoms with Gasteiger partial charge in [0.1, 0.15) is 11.5 Å². The molecule has 1 aliphatic rings. The molecule has 2 aromatic rings. The predicted molar refractivity (Wildman–Crippen MR) is 82.9 cm³/mol. The van der Waals surface area contributed by atoms with Crippen LogP contribution in [0.3, 0.4) is 0 Å². The van der Waals surface area contributed by atoms with Crippen molar-refractivity contribution in [2.24, 2.45) is 5.92 Å². The van der Waals surface area contributed by atoms with Crippen LogP contribution in [0.15, 0.2) is 23.6 Å². The average molecular weight is 320 g/mol. The molecule has 7 heteroatoms. The van der Waals surface area contributed by atoms with Crippen molar-refractivity contribution in [2.75, 3.05) is 5.32 Å². The lowest BCUT2D eigenvalue weighted by atomic mass is 10.1. The molecule has 4 N–H and O–H groups in total. The van der Waals surface area contributed by atoms with Gasteiger partial charge in [-0.05, 0) is 31.4 Å². The number of aromatic hydroxyl groups is 2. The average Bonchev–Trinajstić information content (AvgIpc) is 3.08. The minimum Gasteiger partial charge on any atom is -0.508 e. The maximum absolute atomic E-state index is 12.1. The number of aliphatic hydroxyl groups is 1. The van der Waals surface area contributed by atoms with E-state index in [4.69, 9.17) is 0 Å². The van der Waals surface area contributed by atoms with Crippen molar-refractivity contribution < 1.29 is 20.1 Å². The molecule has 22 heavy (non-hydrogen) atoms. The minimum atomic E-state index is -0.392. The number of aromatic nitrogens is 1. The molecule has 0 unspecified atom stereocenters. The number of hydrogen-bond donors (Lipinski definition) is 4. The second-order valence-corrected chi connectivity index (χ2v) is 6.25. The highest BCUT2D eigenvalue weighted by Gasteiger charge is 2.29. The third kappa shape index (κ3) is 3.05. The highest BCUT2D eigenvalue weighted by molar-refractivity contribution is 7.14. The van der Waals surface area contributed by atoms with Gasteiger partial charge in [0.2, 0.25) is 5.91 Å². The van der Waals surface area contributed by atoms with E-state index in [2.05, 4.69) is 10.3 Å². The molecule has 1 aromatic carbocycles. The van der Waals surface area contributed by atoms with Crippen LogP contribution in [0.2, 0.25) is 0 Å². The van der Waals surface area contributed by atoms with E-state index in [9.17, 15) is 20.1 Å². The van der Waals surface area contributed by atoms with Gasteiger partial charge in [-0.2, -0.15) is 0 Å². The summed E-state index contributed by atoms with van der Waals surface area (Å²) in [5.74, 6) is -0.399. The number of phenolic OH excluding ortho intramolecular Hbond substituents is 2. The van der Waals surface area contributed by atoms with Crippen LogP contribution in [0.1, 0.15) is 19.3 Å². The maximum Gasteiger partial charge on any atom is 0.229 e. The lowest BCUT2D eigenvalue weighted by Crippen LogP contribution is -2.21. The number of rotatable bonds is 3. The van der Waals surface area contributed by atoms with Crippen molar-refractivity contribution in [3.05, 3.63) is 23.6 Å². The number of nitrogens with one attached hydrogen (secondary N) is 1. The number of anilines is 1. The van der Waals surface area contributed by atoms with Crippen LogP contribution in [0.5, 0.6) is 11.5 Å². The van der Waals surface area contributed by atoms with Crippen LogP contribution in [-0.4, -0.2) is 32.3 Å². The van der Waals surface area contributed by atoms with E-state index in [1.807, 2.05) is 0 Å². The van der Waals surface area contributed by atoms with Crippen LogP contribution in [0.4, 0.5) is 5.13 Å². The Labute approximate surface area is 131 Å². The topological polar surface area (TPSA) is 103 Å². The molecule has 2 atom stereocenters. The first-order valence-corrected chi connectivity index (χ1v) is 7.87. The molecule has 1 heterocycles. The Morgan fingerprint density at radius 2 is 2.14 bits per heavy atom. The van der Waals surface area contributed by atoms with Gasteiger partial charge in [-0.25, -0.2) is 4.98 Å². The Balaban J connectivity index is 1.72. The molecule has 6 nitrogen and oxygen atoms in total. The van der Waals surface area contributed by atoms with Crippen LogP contribution in [0, 0.1) is 5.92 Å². The van der Waals surface area contributed by atoms with E-state index in [1.165, 1.54) is 23.5 Å². The van der Waals surface area contributed by atoms with Crippen LogP contribution < -0.4 is 5.32 Å². The molecule has 1 aromatic heterocycles. The SMILES string of the molecule is O=C(Nc1nc(-c2ccc(O)cc2O)cs1)[C@@H]1CC[C@H](O)C1. The molecule has 0 spiro atoms. The fourth-order valence-corrected chi connectivity index (χ4v) is 3.31. The number of hydrogen-bond acceptors (Lipinski definition) is 6. The monoisotopic (exact) mass is 320 g/mol. The van der Waals surface area contributed by atoms with Gasteiger partial charge in [-0.1, -0.05) is 0 Å². The van der Waals surface area contributed by atoms with Gasteiger partial charge in [0.05, 0.1) is 11.8 Å². The Morgan fingerprint density at radius 3 is 2.82 bits per heavy atom. The Bertz CT molecular complexity index is 701. The number of benzene rings is 1. The van der Waals surface area contributed by atoms with Crippen molar-refractivity contribution >= 4 is 22.4 Å². The van der Waals surface area contributed by atoms with Crippen molar-refractivity contribution in [2.45, 2.75) is 25.4 Å². The number of carbonyl (C=O) groups excluding carboxylic acids is 1. The number of carbonyl (C=O) groups is 1. The standard InChI is InChI=1S/C15H16N2O4S/c18-9-2-1-8(5-9)14(21)17-15-16-12(7-22-15)11-4-3-10(19)6-13(11)20/h3-4,6-9,18-20H,1-2,5H2,(H,16,17,21)/t8-,9+/m1/s1. The summed E-state index contributed by atoms with van der Waals surface area (Å²) in [5, 5.41) is 33.5. The normalized spacial score (nSPS) is 21.0. The minimum absolute atomic E-state index is 0.0233.